The van der Waals surface area contributed by atoms with Gasteiger partial charge in [-0.05, 0) is 6.92 Å². The summed E-state index contributed by atoms with van der Waals surface area (Å²) in [5.74, 6) is -0.325. The van der Waals surface area contributed by atoms with Gasteiger partial charge in [-0.3, -0.25) is 4.79 Å². The Hall–Kier alpha value is -1.52. The van der Waals surface area contributed by atoms with Crippen LogP contribution in [0.1, 0.15) is 30.7 Å². The maximum atomic E-state index is 10.6. The van der Waals surface area contributed by atoms with E-state index in [-0.39, 0.29) is 12.3 Å². The van der Waals surface area contributed by atoms with Gasteiger partial charge in [0.1, 0.15) is 5.76 Å². The number of anilines is 1. The lowest BCUT2D eigenvalue weighted by molar-refractivity contribution is -0.137. The fourth-order valence-corrected chi connectivity index (χ4v) is 1.40. The van der Waals surface area contributed by atoms with Gasteiger partial charge in [-0.2, -0.15) is 4.98 Å². The highest BCUT2D eigenvalue weighted by Crippen LogP contribution is 2.26. The third kappa shape index (κ3) is 2.71. The zero-order valence-electron chi connectivity index (χ0n) is 9.44. The summed E-state index contributed by atoms with van der Waals surface area (Å²) in [6, 6.07) is 0.514. The van der Waals surface area contributed by atoms with Gasteiger partial charge in [0.25, 0.3) is 6.01 Å². The Morgan fingerprint density at radius 2 is 2.20 bits per heavy atom. The molecule has 1 unspecified atom stereocenters. The lowest BCUT2D eigenvalue weighted by atomic mass is 10.0. The minimum absolute atomic E-state index is 0.0584. The molecule has 1 aromatic heterocycles. The normalized spacial score (nSPS) is 12.5. The van der Waals surface area contributed by atoms with Crippen molar-refractivity contribution in [1.29, 1.82) is 0 Å². The van der Waals surface area contributed by atoms with Gasteiger partial charge >= 0.3 is 5.97 Å². The van der Waals surface area contributed by atoms with Crippen molar-refractivity contribution in [1.82, 2.24) is 4.98 Å². The summed E-state index contributed by atoms with van der Waals surface area (Å²) >= 11 is 0. The summed E-state index contributed by atoms with van der Waals surface area (Å²) in [6.07, 6.45) is 0.0584. The molecule has 5 heteroatoms. The van der Waals surface area contributed by atoms with Crippen molar-refractivity contribution in [2.75, 3.05) is 19.0 Å². The molecule has 0 radical (unpaired) electrons. The molecule has 0 fully saturated rings. The molecule has 1 rings (SSSR count). The molecule has 84 valence electrons. The van der Waals surface area contributed by atoms with E-state index >= 15 is 0 Å². The lowest BCUT2D eigenvalue weighted by Gasteiger charge is -2.06. The monoisotopic (exact) mass is 212 g/mol. The molecule has 5 nitrogen and oxygen atoms in total. The highest BCUT2D eigenvalue weighted by atomic mass is 16.4. The molecule has 0 amide bonds. The molecular formula is C10H16N2O3. The lowest BCUT2D eigenvalue weighted by Crippen LogP contribution is -2.08. The molecule has 0 saturated heterocycles. The highest BCUT2D eigenvalue weighted by Gasteiger charge is 2.19. The highest BCUT2D eigenvalue weighted by molar-refractivity contribution is 5.67. The van der Waals surface area contributed by atoms with E-state index in [4.69, 9.17) is 9.52 Å². The van der Waals surface area contributed by atoms with Gasteiger partial charge in [0.2, 0.25) is 0 Å². The van der Waals surface area contributed by atoms with Crippen LogP contribution in [0.25, 0.3) is 0 Å². The van der Waals surface area contributed by atoms with Crippen LogP contribution in [0.2, 0.25) is 0 Å². The van der Waals surface area contributed by atoms with E-state index in [1.165, 1.54) is 0 Å². The van der Waals surface area contributed by atoms with Crippen molar-refractivity contribution in [2.45, 2.75) is 26.2 Å². The molecule has 0 aliphatic rings. The smallest absolute Gasteiger partial charge is 0.304 e. The Labute approximate surface area is 88.7 Å². The minimum atomic E-state index is -0.829. The largest absolute Gasteiger partial charge is 0.481 e. The van der Waals surface area contributed by atoms with Crippen LogP contribution >= 0.6 is 0 Å². The SMILES string of the molecule is Cc1nc(N(C)C)oc1C(C)CC(=O)O. The number of hydrogen-bond donors (Lipinski definition) is 1. The second kappa shape index (κ2) is 4.33. The summed E-state index contributed by atoms with van der Waals surface area (Å²) in [5, 5.41) is 8.68. The second-order valence-corrected chi connectivity index (χ2v) is 3.84. The van der Waals surface area contributed by atoms with Crippen LogP contribution in [-0.4, -0.2) is 30.2 Å². The van der Waals surface area contributed by atoms with Gasteiger partial charge in [-0.1, -0.05) is 6.92 Å². The minimum Gasteiger partial charge on any atom is -0.481 e. The Morgan fingerprint density at radius 3 is 2.60 bits per heavy atom. The quantitative estimate of drug-likeness (QED) is 0.821. The number of oxazole rings is 1. The molecule has 1 N–H and O–H groups in total. The predicted molar refractivity (Wildman–Crippen MR) is 56.2 cm³/mol. The molecule has 0 aromatic carbocycles. The van der Waals surface area contributed by atoms with E-state index in [0.29, 0.717) is 11.8 Å². The molecular weight excluding hydrogens is 196 g/mol. The Morgan fingerprint density at radius 1 is 1.60 bits per heavy atom. The number of aryl methyl sites for hydroxylation is 1. The van der Waals surface area contributed by atoms with Crippen molar-refractivity contribution in [3.05, 3.63) is 11.5 Å². The molecule has 0 spiro atoms. The van der Waals surface area contributed by atoms with Gasteiger partial charge in [0.05, 0.1) is 12.1 Å². The first-order valence-electron chi connectivity index (χ1n) is 4.78. The van der Waals surface area contributed by atoms with Crippen LogP contribution in [0.5, 0.6) is 0 Å². The van der Waals surface area contributed by atoms with E-state index in [2.05, 4.69) is 4.98 Å². The summed E-state index contributed by atoms with van der Waals surface area (Å²) in [5.41, 5.74) is 0.757. The van der Waals surface area contributed by atoms with E-state index in [1.54, 1.807) is 4.90 Å². The summed E-state index contributed by atoms with van der Waals surface area (Å²) in [7, 11) is 3.66. The Balaban J connectivity index is 2.89. The number of aromatic nitrogens is 1. The Bertz CT molecular complexity index is 358. The van der Waals surface area contributed by atoms with Crippen LogP contribution < -0.4 is 4.90 Å². The first kappa shape index (κ1) is 11.6. The van der Waals surface area contributed by atoms with Crippen molar-refractivity contribution >= 4 is 12.0 Å². The van der Waals surface area contributed by atoms with E-state index < -0.39 is 5.97 Å². The van der Waals surface area contributed by atoms with Crippen LogP contribution in [0.3, 0.4) is 0 Å². The molecule has 0 saturated carbocycles. The third-order valence-corrected chi connectivity index (χ3v) is 2.13. The molecule has 0 aliphatic heterocycles. The number of hydrogen-bond acceptors (Lipinski definition) is 4. The summed E-state index contributed by atoms with van der Waals surface area (Å²) < 4.78 is 5.49. The number of carboxylic acids is 1. The van der Waals surface area contributed by atoms with Gasteiger partial charge in [0, 0.05) is 20.0 Å². The average Bonchev–Trinajstić information content (AvgIpc) is 2.46. The molecule has 1 atom stereocenters. The van der Waals surface area contributed by atoms with Crippen LogP contribution in [0.4, 0.5) is 6.01 Å². The van der Waals surface area contributed by atoms with Gasteiger partial charge in [-0.15, -0.1) is 0 Å². The topological polar surface area (TPSA) is 66.6 Å². The van der Waals surface area contributed by atoms with E-state index in [9.17, 15) is 4.79 Å². The average molecular weight is 212 g/mol. The molecule has 0 bridgehead atoms. The molecule has 0 aliphatic carbocycles. The van der Waals surface area contributed by atoms with Crippen LogP contribution in [-0.2, 0) is 4.79 Å². The molecule has 1 heterocycles. The first-order chi connectivity index (χ1) is 6.91. The fraction of sp³-hybridized carbons (Fsp3) is 0.600. The summed E-state index contributed by atoms with van der Waals surface area (Å²) in [6.45, 7) is 3.64. The predicted octanol–water partition coefficient (Wildman–Crippen LogP) is 1.63. The maximum Gasteiger partial charge on any atom is 0.304 e. The third-order valence-electron chi connectivity index (χ3n) is 2.13. The number of nitrogens with zero attached hydrogens (tertiary/aromatic N) is 2. The summed E-state index contributed by atoms with van der Waals surface area (Å²) in [4.78, 5) is 16.5. The maximum absolute atomic E-state index is 10.6. The zero-order valence-corrected chi connectivity index (χ0v) is 9.44. The van der Waals surface area contributed by atoms with Gasteiger partial charge in [-0.25, -0.2) is 0 Å². The first-order valence-corrected chi connectivity index (χ1v) is 4.78. The second-order valence-electron chi connectivity index (χ2n) is 3.84. The van der Waals surface area contributed by atoms with E-state index in [1.807, 2.05) is 27.9 Å². The van der Waals surface area contributed by atoms with Crippen LogP contribution in [0.15, 0.2) is 4.42 Å². The molecule has 1 aromatic rings. The van der Waals surface area contributed by atoms with Gasteiger partial charge in [0.15, 0.2) is 0 Å². The van der Waals surface area contributed by atoms with E-state index in [0.717, 1.165) is 5.69 Å². The zero-order chi connectivity index (χ0) is 11.6. The van der Waals surface area contributed by atoms with Crippen LogP contribution in [0, 0.1) is 6.92 Å². The number of carbonyl (C=O) groups is 1. The number of aliphatic carboxylic acids is 1. The fourth-order valence-electron chi connectivity index (χ4n) is 1.40. The number of carboxylic acid groups (broad SMARTS) is 1. The molecule has 15 heavy (non-hydrogen) atoms. The standard InChI is InChI=1S/C10H16N2O3/c1-6(5-8(13)14)9-7(2)11-10(15-9)12(3)4/h6H,5H2,1-4H3,(H,13,14). The Kier molecular flexibility index (Phi) is 3.34. The van der Waals surface area contributed by atoms with Crippen molar-refractivity contribution < 1.29 is 14.3 Å². The van der Waals surface area contributed by atoms with Crippen molar-refractivity contribution in [3.8, 4) is 0 Å². The van der Waals surface area contributed by atoms with Crippen molar-refractivity contribution in [3.63, 3.8) is 0 Å². The van der Waals surface area contributed by atoms with Gasteiger partial charge < -0.3 is 14.4 Å². The van der Waals surface area contributed by atoms with Crippen molar-refractivity contribution in [2.24, 2.45) is 0 Å². The number of rotatable bonds is 4.